The Morgan fingerprint density at radius 2 is 2.18 bits per heavy atom. The molecule has 2 saturated carbocycles. The summed E-state index contributed by atoms with van der Waals surface area (Å²) in [6.45, 7) is 2.22. The van der Waals surface area contributed by atoms with Gasteiger partial charge in [-0.25, -0.2) is 0 Å². The molecule has 17 heavy (non-hydrogen) atoms. The lowest BCUT2D eigenvalue weighted by atomic mass is 10.1. The van der Waals surface area contributed by atoms with Crippen LogP contribution in [-0.4, -0.2) is 36.2 Å². The average molecular weight is 257 g/mol. The van der Waals surface area contributed by atoms with Gasteiger partial charge in [-0.15, -0.1) is 0 Å². The van der Waals surface area contributed by atoms with Crippen molar-refractivity contribution in [1.29, 1.82) is 0 Å². The summed E-state index contributed by atoms with van der Waals surface area (Å²) in [5, 5.41) is 4.32. The topological polar surface area (TPSA) is 38.3 Å². The highest BCUT2D eigenvalue weighted by Crippen LogP contribution is 2.35. The zero-order valence-electron chi connectivity index (χ0n) is 10.8. The molecule has 3 atom stereocenters. The minimum Gasteiger partial charge on any atom is -0.468 e. The fourth-order valence-corrected chi connectivity index (χ4v) is 3.83. The van der Waals surface area contributed by atoms with Crippen molar-refractivity contribution < 1.29 is 9.53 Å². The Hall–Kier alpha value is -0.220. The van der Waals surface area contributed by atoms with Crippen molar-refractivity contribution in [2.45, 2.75) is 56.4 Å². The van der Waals surface area contributed by atoms with Crippen molar-refractivity contribution in [2.24, 2.45) is 5.92 Å². The smallest absolute Gasteiger partial charge is 0.323 e. The van der Waals surface area contributed by atoms with E-state index in [1.807, 2.05) is 0 Å². The molecule has 1 N–H and O–H groups in total. The quantitative estimate of drug-likeness (QED) is 0.740. The number of methoxy groups -OCH3 is 1. The number of esters is 1. The Bertz CT molecular complexity index is 268. The Morgan fingerprint density at radius 1 is 1.41 bits per heavy atom. The predicted octanol–water partition coefficient (Wildman–Crippen LogP) is 2.20. The van der Waals surface area contributed by atoms with Crippen LogP contribution < -0.4 is 5.32 Å². The minimum absolute atomic E-state index is 0.0459. The van der Waals surface area contributed by atoms with Gasteiger partial charge in [0, 0.05) is 11.3 Å². The summed E-state index contributed by atoms with van der Waals surface area (Å²) in [5.41, 5.74) is 0. The molecule has 0 aromatic heterocycles. The Morgan fingerprint density at radius 3 is 2.76 bits per heavy atom. The minimum atomic E-state index is -0.0703. The van der Waals surface area contributed by atoms with Gasteiger partial charge in [0.1, 0.15) is 6.04 Å². The van der Waals surface area contributed by atoms with E-state index in [2.05, 4.69) is 24.0 Å². The van der Waals surface area contributed by atoms with Crippen LogP contribution in [0.15, 0.2) is 0 Å². The van der Waals surface area contributed by atoms with E-state index in [9.17, 15) is 4.79 Å². The Labute approximate surface area is 108 Å². The maximum atomic E-state index is 11.7. The number of hydrogen-bond acceptors (Lipinski definition) is 4. The molecule has 0 radical (unpaired) electrons. The normalized spacial score (nSPS) is 30.2. The Balaban J connectivity index is 1.80. The zero-order chi connectivity index (χ0) is 12.3. The standard InChI is InChI=1S/C13H23NO2S/c1-3-17-11-7-6-10(8-11)14-12(9-4-5-9)13(15)16-2/h9-12,14H,3-8H2,1-2H3. The third-order valence-corrected chi connectivity index (χ3v) is 4.98. The van der Waals surface area contributed by atoms with Crippen molar-refractivity contribution in [3.63, 3.8) is 0 Å². The van der Waals surface area contributed by atoms with Crippen LogP contribution in [0, 0.1) is 5.92 Å². The van der Waals surface area contributed by atoms with Gasteiger partial charge in [0.2, 0.25) is 0 Å². The summed E-state index contributed by atoms with van der Waals surface area (Å²) in [7, 11) is 1.49. The second-order valence-electron chi connectivity index (χ2n) is 5.09. The highest BCUT2D eigenvalue weighted by atomic mass is 32.2. The van der Waals surface area contributed by atoms with E-state index in [4.69, 9.17) is 4.74 Å². The van der Waals surface area contributed by atoms with Crippen molar-refractivity contribution >= 4 is 17.7 Å². The molecule has 3 unspecified atom stereocenters. The molecular formula is C13H23NO2S. The van der Waals surface area contributed by atoms with Crippen molar-refractivity contribution in [3.8, 4) is 0 Å². The maximum absolute atomic E-state index is 11.7. The van der Waals surface area contributed by atoms with E-state index in [1.165, 1.54) is 45.0 Å². The van der Waals surface area contributed by atoms with Gasteiger partial charge < -0.3 is 10.1 Å². The first-order chi connectivity index (χ1) is 8.24. The van der Waals surface area contributed by atoms with Crippen molar-refractivity contribution in [1.82, 2.24) is 5.32 Å². The number of rotatable bonds is 6. The molecule has 0 aromatic carbocycles. The number of carbonyl (C=O) groups is 1. The molecule has 2 fully saturated rings. The molecule has 0 aromatic rings. The van der Waals surface area contributed by atoms with E-state index >= 15 is 0 Å². The molecular weight excluding hydrogens is 234 g/mol. The first-order valence-corrected chi connectivity index (χ1v) is 7.75. The molecule has 0 amide bonds. The van der Waals surface area contributed by atoms with E-state index in [-0.39, 0.29) is 12.0 Å². The summed E-state index contributed by atoms with van der Waals surface area (Å²) in [5.74, 6) is 1.65. The SMILES string of the molecule is CCSC1CCC(NC(C(=O)OC)C2CC2)C1. The molecule has 0 saturated heterocycles. The lowest BCUT2D eigenvalue weighted by Crippen LogP contribution is -2.44. The van der Waals surface area contributed by atoms with Crippen LogP contribution >= 0.6 is 11.8 Å². The van der Waals surface area contributed by atoms with Gasteiger partial charge in [-0.1, -0.05) is 6.92 Å². The third-order valence-electron chi connectivity index (χ3n) is 3.75. The third kappa shape index (κ3) is 3.62. The molecule has 0 heterocycles. The number of nitrogens with one attached hydrogen (secondary N) is 1. The number of ether oxygens (including phenoxy) is 1. The van der Waals surface area contributed by atoms with E-state index in [0.29, 0.717) is 12.0 Å². The van der Waals surface area contributed by atoms with Crippen molar-refractivity contribution in [2.75, 3.05) is 12.9 Å². The molecule has 4 heteroatoms. The Kier molecular flexibility index (Phi) is 4.74. The van der Waals surface area contributed by atoms with E-state index < -0.39 is 0 Å². The summed E-state index contributed by atoms with van der Waals surface area (Å²) < 4.78 is 4.89. The highest BCUT2D eigenvalue weighted by molar-refractivity contribution is 7.99. The van der Waals surface area contributed by atoms with Gasteiger partial charge in [0.15, 0.2) is 0 Å². The van der Waals surface area contributed by atoms with Crippen LogP contribution in [0.3, 0.4) is 0 Å². The summed E-state index contributed by atoms with van der Waals surface area (Å²) >= 11 is 2.05. The van der Waals surface area contributed by atoms with Gasteiger partial charge in [0.25, 0.3) is 0 Å². The van der Waals surface area contributed by atoms with Crippen LogP contribution in [0.4, 0.5) is 0 Å². The van der Waals surface area contributed by atoms with Gasteiger partial charge >= 0.3 is 5.97 Å². The first kappa shape index (κ1) is 13.2. The van der Waals surface area contributed by atoms with Gasteiger partial charge in [-0.05, 0) is 43.8 Å². The van der Waals surface area contributed by atoms with Gasteiger partial charge in [-0.2, -0.15) is 11.8 Å². The lowest BCUT2D eigenvalue weighted by Gasteiger charge is -2.20. The summed E-state index contributed by atoms with van der Waals surface area (Å²) in [6.07, 6.45) is 6.05. The molecule has 2 rings (SSSR count). The van der Waals surface area contributed by atoms with E-state index in [0.717, 1.165) is 5.25 Å². The zero-order valence-corrected chi connectivity index (χ0v) is 11.6. The fraction of sp³-hybridized carbons (Fsp3) is 0.923. The van der Waals surface area contributed by atoms with Crippen LogP contribution in [0.5, 0.6) is 0 Å². The van der Waals surface area contributed by atoms with Crippen LogP contribution in [0.25, 0.3) is 0 Å². The van der Waals surface area contributed by atoms with Crippen LogP contribution in [0.1, 0.15) is 39.0 Å². The fourth-order valence-electron chi connectivity index (χ4n) is 2.69. The lowest BCUT2D eigenvalue weighted by molar-refractivity contribution is -0.144. The van der Waals surface area contributed by atoms with Gasteiger partial charge in [0.05, 0.1) is 7.11 Å². The average Bonchev–Trinajstić information content (AvgIpc) is 3.08. The molecule has 0 aliphatic heterocycles. The largest absolute Gasteiger partial charge is 0.468 e. The molecule has 0 spiro atoms. The van der Waals surface area contributed by atoms with Crippen LogP contribution in [0.2, 0.25) is 0 Å². The second-order valence-corrected chi connectivity index (χ2v) is 6.67. The molecule has 2 aliphatic carbocycles. The molecule has 2 aliphatic rings. The number of thioether (sulfide) groups is 1. The maximum Gasteiger partial charge on any atom is 0.323 e. The summed E-state index contributed by atoms with van der Waals surface area (Å²) in [4.78, 5) is 11.7. The molecule has 98 valence electrons. The summed E-state index contributed by atoms with van der Waals surface area (Å²) in [6, 6.07) is 0.471. The van der Waals surface area contributed by atoms with E-state index in [1.54, 1.807) is 0 Å². The molecule has 0 bridgehead atoms. The highest BCUT2D eigenvalue weighted by Gasteiger charge is 2.39. The monoisotopic (exact) mass is 257 g/mol. The number of carbonyl (C=O) groups excluding carboxylic acids is 1. The molecule has 3 nitrogen and oxygen atoms in total. The van der Waals surface area contributed by atoms with Gasteiger partial charge in [-0.3, -0.25) is 4.79 Å². The second kappa shape index (κ2) is 6.10. The van der Waals surface area contributed by atoms with Crippen LogP contribution in [-0.2, 0) is 9.53 Å². The predicted molar refractivity (Wildman–Crippen MR) is 71.2 cm³/mol. The number of hydrogen-bond donors (Lipinski definition) is 1. The van der Waals surface area contributed by atoms with Crippen molar-refractivity contribution in [3.05, 3.63) is 0 Å². The first-order valence-electron chi connectivity index (χ1n) is 6.70.